The van der Waals surface area contributed by atoms with Gasteiger partial charge in [0.05, 0.1) is 23.9 Å². The topological polar surface area (TPSA) is 131 Å². The maximum Gasteiger partial charge on any atom is 0.329 e. The van der Waals surface area contributed by atoms with Crippen LogP contribution in [0.5, 0.6) is 5.75 Å². The van der Waals surface area contributed by atoms with Gasteiger partial charge in [0.1, 0.15) is 17.3 Å². The van der Waals surface area contributed by atoms with Crippen molar-refractivity contribution in [2.45, 2.75) is 0 Å². The van der Waals surface area contributed by atoms with Crippen LogP contribution in [0, 0.1) is 10.1 Å². The van der Waals surface area contributed by atoms with E-state index >= 15 is 0 Å². The van der Waals surface area contributed by atoms with E-state index in [1.807, 2.05) is 24.3 Å². The molecule has 1 aliphatic rings. The van der Waals surface area contributed by atoms with Crippen LogP contribution in [0.4, 0.5) is 11.4 Å². The molecule has 180 valence electrons. The Balaban J connectivity index is 1.30. The van der Waals surface area contributed by atoms with Gasteiger partial charge in [0.2, 0.25) is 0 Å². The first-order chi connectivity index (χ1) is 17.0. The molecule has 2 amide bonds. The van der Waals surface area contributed by atoms with Gasteiger partial charge in [0.25, 0.3) is 5.69 Å². The van der Waals surface area contributed by atoms with Crippen molar-refractivity contribution in [1.82, 2.24) is 10.3 Å². The van der Waals surface area contributed by atoms with Gasteiger partial charge in [-0.05, 0) is 24.3 Å². The fourth-order valence-corrected chi connectivity index (χ4v) is 3.74. The Kier molecular flexibility index (Phi) is 7.05. The highest BCUT2D eigenvalue weighted by Gasteiger charge is 2.26. The maximum atomic E-state index is 12.5. The summed E-state index contributed by atoms with van der Waals surface area (Å²) in [7, 11) is 1.61. The van der Waals surface area contributed by atoms with Gasteiger partial charge in [0.15, 0.2) is 0 Å². The molecule has 1 saturated heterocycles. The molecular weight excluding hydrogens is 454 g/mol. The van der Waals surface area contributed by atoms with Crippen molar-refractivity contribution in [2.75, 3.05) is 38.2 Å². The third kappa shape index (κ3) is 5.46. The second-order valence-corrected chi connectivity index (χ2v) is 7.66. The van der Waals surface area contributed by atoms with Crippen LogP contribution in [-0.4, -0.2) is 61.1 Å². The lowest BCUT2D eigenvalue weighted by Gasteiger charge is -2.36. The number of furan rings is 1. The number of methoxy groups -OCH3 is 1. The summed E-state index contributed by atoms with van der Waals surface area (Å²) in [5.41, 5.74) is 3.64. The van der Waals surface area contributed by atoms with Gasteiger partial charge in [0, 0.05) is 43.9 Å². The largest absolute Gasteiger partial charge is 0.495 e. The summed E-state index contributed by atoms with van der Waals surface area (Å²) < 4.78 is 11.0. The average Bonchev–Trinajstić information content (AvgIpc) is 3.37. The standard InChI is InChI=1S/C24H23N5O6/c1-34-22-8-3-2-7-20(22)27-11-13-28(14-12-27)24(31)23(30)26-25-16-19-9-10-21(35-19)17-5-4-6-18(15-17)29(32)33/h2-10,15-16H,11-14H2,1H3,(H,26,30)/b25-16+. The Morgan fingerprint density at radius 2 is 1.86 bits per heavy atom. The molecule has 3 aromatic rings. The number of hydrogen-bond acceptors (Lipinski definition) is 8. The fraction of sp³-hybridized carbons (Fsp3) is 0.208. The van der Waals surface area contributed by atoms with Gasteiger partial charge in [-0.1, -0.05) is 24.3 Å². The minimum atomic E-state index is -0.850. The fourth-order valence-electron chi connectivity index (χ4n) is 3.74. The van der Waals surface area contributed by atoms with Gasteiger partial charge < -0.3 is 19.0 Å². The van der Waals surface area contributed by atoms with E-state index in [0.29, 0.717) is 43.3 Å². The second kappa shape index (κ2) is 10.5. The van der Waals surface area contributed by atoms with E-state index in [1.165, 1.54) is 23.2 Å². The van der Waals surface area contributed by atoms with Gasteiger partial charge in [-0.25, -0.2) is 5.43 Å². The predicted molar refractivity (Wildman–Crippen MR) is 128 cm³/mol. The highest BCUT2D eigenvalue weighted by Crippen LogP contribution is 2.28. The van der Waals surface area contributed by atoms with Crippen LogP contribution in [0.2, 0.25) is 0 Å². The highest BCUT2D eigenvalue weighted by molar-refractivity contribution is 6.35. The molecule has 1 aromatic heterocycles. The number of nitrogens with zero attached hydrogens (tertiary/aromatic N) is 4. The molecule has 0 atom stereocenters. The Labute approximate surface area is 200 Å². The third-order valence-electron chi connectivity index (χ3n) is 5.51. The normalized spacial score (nSPS) is 13.6. The van der Waals surface area contributed by atoms with Crippen molar-refractivity contribution in [3.63, 3.8) is 0 Å². The number of hydrazone groups is 1. The van der Waals surface area contributed by atoms with Crippen LogP contribution in [0.1, 0.15) is 5.76 Å². The first kappa shape index (κ1) is 23.5. The molecule has 0 bridgehead atoms. The summed E-state index contributed by atoms with van der Waals surface area (Å²) in [6.07, 6.45) is 1.26. The van der Waals surface area contributed by atoms with Gasteiger partial charge >= 0.3 is 11.8 Å². The molecule has 4 rings (SSSR count). The van der Waals surface area contributed by atoms with Crippen LogP contribution >= 0.6 is 0 Å². The molecule has 1 N–H and O–H groups in total. The Bertz CT molecular complexity index is 1260. The van der Waals surface area contributed by atoms with E-state index in [0.717, 1.165) is 11.4 Å². The van der Waals surface area contributed by atoms with E-state index in [9.17, 15) is 19.7 Å². The van der Waals surface area contributed by atoms with Crippen molar-refractivity contribution >= 4 is 29.4 Å². The molecule has 0 unspecified atom stereocenters. The lowest BCUT2D eigenvalue weighted by molar-refractivity contribution is -0.384. The number of anilines is 1. The quantitative estimate of drug-likeness (QED) is 0.250. The summed E-state index contributed by atoms with van der Waals surface area (Å²) >= 11 is 0. The number of para-hydroxylation sites is 2. The number of nitrogens with one attached hydrogen (secondary N) is 1. The first-order valence-corrected chi connectivity index (χ1v) is 10.8. The molecular formula is C24H23N5O6. The monoisotopic (exact) mass is 477 g/mol. The lowest BCUT2D eigenvalue weighted by Crippen LogP contribution is -2.52. The molecule has 35 heavy (non-hydrogen) atoms. The number of rotatable bonds is 6. The van der Waals surface area contributed by atoms with Crippen LogP contribution < -0.4 is 15.1 Å². The molecule has 11 nitrogen and oxygen atoms in total. The smallest absolute Gasteiger partial charge is 0.329 e. The number of nitro groups is 1. The zero-order chi connectivity index (χ0) is 24.8. The van der Waals surface area contributed by atoms with Crippen LogP contribution in [-0.2, 0) is 9.59 Å². The number of carbonyl (C=O) groups is 2. The van der Waals surface area contributed by atoms with Crippen LogP contribution in [0.25, 0.3) is 11.3 Å². The third-order valence-corrected chi connectivity index (χ3v) is 5.51. The summed E-state index contributed by atoms with van der Waals surface area (Å²) in [4.78, 5) is 38.8. The van der Waals surface area contributed by atoms with E-state index in [1.54, 1.807) is 31.4 Å². The number of benzene rings is 2. The average molecular weight is 477 g/mol. The number of piperazine rings is 1. The summed E-state index contributed by atoms with van der Waals surface area (Å²) in [6.45, 7) is 1.91. The van der Waals surface area contributed by atoms with Crippen molar-refractivity contribution in [3.05, 3.63) is 76.5 Å². The summed E-state index contributed by atoms with van der Waals surface area (Å²) in [5, 5.41) is 14.7. The molecule has 2 heterocycles. The van der Waals surface area contributed by atoms with Crippen molar-refractivity contribution in [3.8, 4) is 17.1 Å². The number of carbonyl (C=O) groups excluding carboxylic acids is 2. The molecule has 11 heteroatoms. The van der Waals surface area contributed by atoms with Crippen molar-refractivity contribution in [2.24, 2.45) is 5.10 Å². The van der Waals surface area contributed by atoms with Crippen LogP contribution in [0.3, 0.4) is 0 Å². The molecule has 1 aliphatic heterocycles. The van der Waals surface area contributed by atoms with Gasteiger partial charge in [-0.15, -0.1) is 0 Å². The zero-order valence-corrected chi connectivity index (χ0v) is 18.9. The lowest BCUT2D eigenvalue weighted by atomic mass is 10.1. The molecule has 0 aliphatic carbocycles. The molecule has 0 saturated carbocycles. The highest BCUT2D eigenvalue weighted by atomic mass is 16.6. The number of nitro benzene ring substituents is 1. The number of ether oxygens (including phenoxy) is 1. The number of hydrogen-bond donors (Lipinski definition) is 1. The first-order valence-electron chi connectivity index (χ1n) is 10.8. The van der Waals surface area contributed by atoms with Crippen molar-refractivity contribution in [1.29, 1.82) is 0 Å². The Morgan fingerprint density at radius 1 is 1.09 bits per heavy atom. The predicted octanol–water partition coefficient (Wildman–Crippen LogP) is 2.66. The minimum absolute atomic E-state index is 0.0522. The van der Waals surface area contributed by atoms with Crippen LogP contribution in [0.15, 0.2) is 70.2 Å². The second-order valence-electron chi connectivity index (χ2n) is 7.66. The summed E-state index contributed by atoms with van der Waals surface area (Å²) in [6, 6.07) is 16.9. The Morgan fingerprint density at radius 3 is 2.60 bits per heavy atom. The molecule has 1 fully saturated rings. The van der Waals surface area contributed by atoms with Gasteiger partial charge in [-0.2, -0.15) is 5.10 Å². The van der Waals surface area contributed by atoms with E-state index in [2.05, 4.69) is 15.4 Å². The Hall–Kier alpha value is -4.67. The van der Waals surface area contributed by atoms with E-state index < -0.39 is 16.7 Å². The van der Waals surface area contributed by atoms with Gasteiger partial charge in [-0.3, -0.25) is 19.7 Å². The molecule has 0 radical (unpaired) electrons. The number of non-ortho nitro benzene ring substituents is 1. The SMILES string of the molecule is COc1ccccc1N1CCN(C(=O)C(=O)N/N=C/c2ccc(-c3cccc([N+](=O)[O-])c3)o2)CC1. The minimum Gasteiger partial charge on any atom is -0.495 e. The molecule has 2 aromatic carbocycles. The summed E-state index contributed by atoms with van der Waals surface area (Å²) in [5.74, 6) is -0.0444. The van der Waals surface area contributed by atoms with E-state index in [4.69, 9.17) is 9.15 Å². The maximum absolute atomic E-state index is 12.5. The number of amides is 2. The molecule has 0 spiro atoms. The van der Waals surface area contributed by atoms with E-state index in [-0.39, 0.29) is 5.69 Å². The zero-order valence-electron chi connectivity index (χ0n) is 18.9. The van der Waals surface area contributed by atoms with Crippen molar-refractivity contribution < 1.29 is 23.7 Å².